The molecule has 0 radical (unpaired) electrons. The van der Waals surface area contributed by atoms with Crippen molar-refractivity contribution in [2.75, 3.05) is 25.0 Å². The Morgan fingerprint density at radius 1 is 1.06 bits per heavy atom. The quantitative estimate of drug-likeness (QED) is 0.580. The summed E-state index contributed by atoms with van der Waals surface area (Å²) in [7, 11) is -2.08. The van der Waals surface area contributed by atoms with Gasteiger partial charge in [-0.1, -0.05) is 30.3 Å². The maximum atomic E-state index is 12.9. The molecule has 7 nitrogen and oxygen atoms in total. The van der Waals surface area contributed by atoms with E-state index < -0.39 is 10.0 Å². The molecule has 0 amide bonds. The minimum absolute atomic E-state index is 0.193. The third kappa shape index (κ3) is 4.48. The van der Waals surface area contributed by atoms with Crippen molar-refractivity contribution in [2.24, 2.45) is 0 Å². The van der Waals surface area contributed by atoms with Gasteiger partial charge >= 0.3 is 0 Å². The second-order valence-electron chi connectivity index (χ2n) is 7.60. The third-order valence-corrected chi connectivity index (χ3v) is 7.23. The van der Waals surface area contributed by atoms with E-state index in [4.69, 9.17) is 4.42 Å². The van der Waals surface area contributed by atoms with E-state index in [2.05, 4.69) is 16.0 Å². The zero-order valence-corrected chi connectivity index (χ0v) is 18.2. The molecule has 0 atom stereocenters. The summed E-state index contributed by atoms with van der Waals surface area (Å²) in [6.07, 6.45) is 3.29. The van der Waals surface area contributed by atoms with Crippen LogP contribution in [0.15, 0.2) is 63.9 Å². The minimum Gasteiger partial charge on any atom is -0.419 e. The molecular formula is C23H24N4O3S. The molecule has 160 valence electrons. The van der Waals surface area contributed by atoms with E-state index in [-0.39, 0.29) is 17.1 Å². The molecular weight excluding hydrogens is 412 g/mol. The van der Waals surface area contributed by atoms with Crippen LogP contribution in [0.4, 0.5) is 5.88 Å². The van der Waals surface area contributed by atoms with Gasteiger partial charge in [-0.2, -0.15) is 14.6 Å². The standard InChI is InChI=1S/C23H24N4O3S/c1-26(17-18-8-4-2-5-9-18)31(28,29)20-12-10-19(11-13-20)22-25-21(16-24)23(30-22)27-14-6-3-7-15-27/h2,4-5,8-13H,3,6-7,14-15,17H2,1H3. The summed E-state index contributed by atoms with van der Waals surface area (Å²) >= 11 is 0. The van der Waals surface area contributed by atoms with Crippen LogP contribution in [-0.4, -0.2) is 37.8 Å². The van der Waals surface area contributed by atoms with Crippen LogP contribution in [-0.2, 0) is 16.6 Å². The highest BCUT2D eigenvalue weighted by molar-refractivity contribution is 7.89. The lowest BCUT2D eigenvalue weighted by molar-refractivity contribution is 0.466. The Morgan fingerprint density at radius 3 is 2.39 bits per heavy atom. The van der Waals surface area contributed by atoms with Gasteiger partial charge in [0.25, 0.3) is 0 Å². The van der Waals surface area contributed by atoms with Crippen LogP contribution in [0.25, 0.3) is 11.5 Å². The second-order valence-corrected chi connectivity index (χ2v) is 9.65. The van der Waals surface area contributed by atoms with Crippen molar-refractivity contribution in [2.45, 2.75) is 30.7 Å². The molecule has 0 aliphatic carbocycles. The number of hydrogen-bond donors (Lipinski definition) is 0. The van der Waals surface area contributed by atoms with Gasteiger partial charge in [0.2, 0.25) is 27.5 Å². The Labute approximate surface area is 182 Å². The first kappa shape index (κ1) is 21.1. The first-order valence-electron chi connectivity index (χ1n) is 10.3. The average Bonchev–Trinajstić information content (AvgIpc) is 3.25. The summed E-state index contributed by atoms with van der Waals surface area (Å²) in [5.41, 5.74) is 1.81. The number of oxazole rings is 1. The highest BCUT2D eigenvalue weighted by atomic mass is 32.2. The summed E-state index contributed by atoms with van der Waals surface area (Å²) in [6, 6.07) is 18.0. The van der Waals surface area contributed by atoms with Crippen LogP contribution in [0.1, 0.15) is 30.5 Å². The van der Waals surface area contributed by atoms with E-state index in [1.807, 2.05) is 30.3 Å². The zero-order valence-electron chi connectivity index (χ0n) is 17.4. The number of sulfonamides is 1. The maximum Gasteiger partial charge on any atom is 0.243 e. The number of nitrogens with zero attached hydrogens (tertiary/aromatic N) is 4. The number of nitriles is 1. The van der Waals surface area contributed by atoms with Crippen LogP contribution in [0.5, 0.6) is 0 Å². The Balaban J connectivity index is 1.55. The fraction of sp³-hybridized carbons (Fsp3) is 0.304. The van der Waals surface area contributed by atoms with Gasteiger partial charge in [-0.05, 0) is 49.1 Å². The van der Waals surface area contributed by atoms with Crippen LogP contribution >= 0.6 is 0 Å². The molecule has 4 rings (SSSR count). The molecule has 1 fully saturated rings. The first-order chi connectivity index (χ1) is 15.0. The summed E-state index contributed by atoms with van der Waals surface area (Å²) < 4.78 is 33.1. The maximum absolute atomic E-state index is 12.9. The highest BCUT2D eigenvalue weighted by Gasteiger charge is 2.24. The van der Waals surface area contributed by atoms with Gasteiger partial charge < -0.3 is 9.32 Å². The molecule has 0 bridgehead atoms. The number of rotatable bonds is 6. The fourth-order valence-electron chi connectivity index (χ4n) is 3.69. The van der Waals surface area contributed by atoms with Crippen molar-refractivity contribution in [1.29, 1.82) is 5.26 Å². The predicted octanol–water partition coefficient (Wildman–Crippen LogP) is 4.02. The monoisotopic (exact) mass is 436 g/mol. The lowest BCUT2D eigenvalue weighted by Crippen LogP contribution is -2.29. The molecule has 31 heavy (non-hydrogen) atoms. The topological polar surface area (TPSA) is 90.4 Å². The van der Waals surface area contributed by atoms with Crippen molar-refractivity contribution in [3.63, 3.8) is 0 Å². The van der Waals surface area contributed by atoms with E-state index >= 15 is 0 Å². The lowest BCUT2D eigenvalue weighted by Gasteiger charge is -2.25. The highest BCUT2D eigenvalue weighted by Crippen LogP contribution is 2.30. The first-order valence-corrected chi connectivity index (χ1v) is 11.7. The van der Waals surface area contributed by atoms with E-state index in [1.165, 1.54) is 10.7 Å². The van der Waals surface area contributed by atoms with E-state index in [0.29, 0.717) is 17.3 Å². The van der Waals surface area contributed by atoms with E-state index in [1.54, 1.807) is 31.3 Å². The lowest BCUT2D eigenvalue weighted by atomic mass is 10.1. The van der Waals surface area contributed by atoms with Crippen molar-refractivity contribution in [1.82, 2.24) is 9.29 Å². The minimum atomic E-state index is -3.64. The van der Waals surface area contributed by atoms with Crippen molar-refractivity contribution in [3.05, 3.63) is 65.9 Å². The smallest absolute Gasteiger partial charge is 0.243 e. The molecule has 0 unspecified atom stereocenters. The van der Waals surface area contributed by atoms with Gasteiger partial charge in [0, 0.05) is 32.2 Å². The Bertz CT molecular complexity index is 1180. The summed E-state index contributed by atoms with van der Waals surface area (Å²) in [4.78, 5) is 6.57. The third-order valence-electron chi connectivity index (χ3n) is 5.42. The molecule has 1 aliphatic heterocycles. The van der Waals surface area contributed by atoms with E-state index in [9.17, 15) is 13.7 Å². The summed E-state index contributed by atoms with van der Waals surface area (Å²) in [6.45, 7) is 1.97. The molecule has 1 aliphatic rings. The molecule has 1 saturated heterocycles. The van der Waals surface area contributed by atoms with E-state index in [0.717, 1.165) is 31.5 Å². The van der Waals surface area contributed by atoms with Crippen molar-refractivity contribution < 1.29 is 12.8 Å². The molecule has 0 saturated carbocycles. The Kier molecular flexibility index (Phi) is 6.07. The molecule has 8 heteroatoms. The Morgan fingerprint density at radius 2 is 1.74 bits per heavy atom. The molecule has 1 aromatic heterocycles. The number of anilines is 1. The van der Waals surface area contributed by atoms with Crippen LogP contribution in [0, 0.1) is 11.3 Å². The summed E-state index contributed by atoms with van der Waals surface area (Å²) in [5.74, 6) is 0.815. The average molecular weight is 437 g/mol. The second kappa shape index (κ2) is 8.92. The van der Waals surface area contributed by atoms with Gasteiger partial charge in [0.05, 0.1) is 4.90 Å². The fourth-order valence-corrected chi connectivity index (χ4v) is 4.85. The Hall–Kier alpha value is -3.15. The summed E-state index contributed by atoms with van der Waals surface area (Å²) in [5, 5.41) is 9.46. The molecule has 2 heterocycles. The van der Waals surface area contributed by atoms with Gasteiger partial charge in [-0.25, -0.2) is 8.42 Å². The number of aromatic nitrogens is 1. The zero-order chi connectivity index (χ0) is 21.8. The van der Waals surface area contributed by atoms with Crippen LogP contribution in [0.2, 0.25) is 0 Å². The van der Waals surface area contributed by atoms with Crippen molar-refractivity contribution >= 4 is 15.9 Å². The largest absolute Gasteiger partial charge is 0.419 e. The SMILES string of the molecule is CN(Cc1ccccc1)S(=O)(=O)c1ccc(-c2nc(C#N)c(N3CCCCC3)o2)cc1. The number of hydrogen-bond acceptors (Lipinski definition) is 6. The van der Waals surface area contributed by atoms with Gasteiger partial charge in [0.1, 0.15) is 6.07 Å². The van der Waals surface area contributed by atoms with Gasteiger partial charge in [-0.15, -0.1) is 0 Å². The predicted molar refractivity (Wildman–Crippen MR) is 118 cm³/mol. The normalized spacial score (nSPS) is 14.5. The molecule has 0 N–H and O–H groups in total. The van der Waals surface area contributed by atoms with Crippen LogP contribution in [0.3, 0.4) is 0 Å². The molecule has 3 aromatic rings. The van der Waals surface area contributed by atoms with Crippen molar-refractivity contribution in [3.8, 4) is 17.5 Å². The number of piperidine rings is 1. The van der Waals surface area contributed by atoms with Gasteiger partial charge in [0.15, 0.2) is 0 Å². The molecule has 2 aromatic carbocycles. The molecule has 0 spiro atoms. The number of benzene rings is 2. The van der Waals surface area contributed by atoms with Gasteiger partial charge in [-0.3, -0.25) is 0 Å². The van der Waals surface area contributed by atoms with Crippen LogP contribution < -0.4 is 4.90 Å².